The summed E-state index contributed by atoms with van der Waals surface area (Å²) in [6, 6.07) is 0.880. The summed E-state index contributed by atoms with van der Waals surface area (Å²) in [5, 5.41) is 3.33. The summed E-state index contributed by atoms with van der Waals surface area (Å²) in [4.78, 5) is 2.78. The lowest BCUT2D eigenvalue weighted by molar-refractivity contribution is 0.0982. The van der Waals surface area contributed by atoms with Crippen LogP contribution in [-0.2, 0) is 0 Å². The van der Waals surface area contributed by atoms with Crippen molar-refractivity contribution in [1.29, 1.82) is 0 Å². The zero-order chi connectivity index (χ0) is 11.5. The number of nitrogens with one attached hydrogen (secondary N) is 1. The van der Waals surface area contributed by atoms with Crippen molar-refractivity contribution in [3.8, 4) is 0 Å². The van der Waals surface area contributed by atoms with E-state index in [0.29, 0.717) is 0 Å². The lowest BCUT2D eigenvalue weighted by Crippen LogP contribution is -2.43. The second-order valence-corrected chi connectivity index (χ2v) is 6.04. The summed E-state index contributed by atoms with van der Waals surface area (Å²) in [5.41, 5.74) is 0. The topological polar surface area (TPSA) is 15.3 Å². The van der Waals surface area contributed by atoms with Crippen LogP contribution in [0.1, 0.15) is 39.5 Å². The Kier molecular flexibility index (Phi) is 4.26. The maximum atomic E-state index is 3.33. The van der Waals surface area contributed by atoms with Crippen molar-refractivity contribution in [3.63, 3.8) is 0 Å². The quantitative estimate of drug-likeness (QED) is 0.791. The molecular weight excluding hydrogens is 196 g/mol. The van der Waals surface area contributed by atoms with E-state index >= 15 is 0 Å². The van der Waals surface area contributed by atoms with E-state index in [-0.39, 0.29) is 0 Å². The lowest BCUT2D eigenvalue weighted by atomic mass is 9.77. The van der Waals surface area contributed by atoms with Crippen molar-refractivity contribution < 1.29 is 0 Å². The number of likely N-dealkylation sites (tertiary alicyclic amines) is 1. The van der Waals surface area contributed by atoms with E-state index in [1.165, 1.54) is 45.3 Å². The molecule has 1 saturated carbocycles. The van der Waals surface area contributed by atoms with E-state index in [4.69, 9.17) is 0 Å². The Morgan fingerprint density at radius 2 is 2.00 bits per heavy atom. The third kappa shape index (κ3) is 2.60. The Bertz CT molecular complexity index is 217. The first-order chi connectivity index (χ1) is 7.72. The molecule has 2 fully saturated rings. The van der Waals surface area contributed by atoms with Crippen LogP contribution < -0.4 is 5.32 Å². The second kappa shape index (κ2) is 5.50. The highest BCUT2D eigenvalue weighted by Crippen LogP contribution is 2.35. The predicted octanol–water partition coefficient (Wildman–Crippen LogP) is 2.35. The Labute approximate surface area is 101 Å². The molecule has 0 radical (unpaired) electrons. The van der Waals surface area contributed by atoms with Gasteiger partial charge in [0.05, 0.1) is 0 Å². The van der Waals surface area contributed by atoms with Crippen molar-refractivity contribution in [2.75, 3.05) is 26.7 Å². The molecule has 4 atom stereocenters. The van der Waals surface area contributed by atoms with E-state index in [1.807, 2.05) is 0 Å². The molecule has 1 saturated heterocycles. The number of hydrogen-bond acceptors (Lipinski definition) is 2. The third-order valence-electron chi connectivity index (χ3n) is 4.94. The van der Waals surface area contributed by atoms with Crippen LogP contribution in [0.5, 0.6) is 0 Å². The average molecular weight is 224 g/mol. The van der Waals surface area contributed by atoms with Crippen molar-refractivity contribution in [1.82, 2.24) is 10.2 Å². The number of rotatable bonds is 3. The van der Waals surface area contributed by atoms with Gasteiger partial charge in [0.1, 0.15) is 0 Å². The van der Waals surface area contributed by atoms with E-state index in [2.05, 4.69) is 31.1 Å². The summed E-state index contributed by atoms with van der Waals surface area (Å²) in [5.74, 6) is 2.73. The van der Waals surface area contributed by atoms with Gasteiger partial charge in [-0.05, 0) is 50.7 Å². The van der Waals surface area contributed by atoms with Crippen LogP contribution >= 0.6 is 0 Å². The first-order valence-corrected chi connectivity index (χ1v) is 7.11. The highest BCUT2D eigenvalue weighted by atomic mass is 15.2. The molecule has 2 nitrogen and oxygen atoms in total. The van der Waals surface area contributed by atoms with Gasteiger partial charge < -0.3 is 5.32 Å². The second-order valence-electron chi connectivity index (χ2n) is 6.04. The van der Waals surface area contributed by atoms with E-state index in [0.717, 1.165) is 23.8 Å². The molecule has 0 aromatic heterocycles. The fourth-order valence-electron chi connectivity index (χ4n) is 3.69. The fourth-order valence-corrected chi connectivity index (χ4v) is 3.69. The van der Waals surface area contributed by atoms with E-state index in [9.17, 15) is 0 Å². The van der Waals surface area contributed by atoms with Gasteiger partial charge in [-0.25, -0.2) is 0 Å². The molecule has 2 aliphatic rings. The van der Waals surface area contributed by atoms with Crippen LogP contribution in [0.15, 0.2) is 0 Å². The molecule has 0 spiro atoms. The van der Waals surface area contributed by atoms with Crippen LogP contribution in [0.4, 0.5) is 0 Å². The Balaban J connectivity index is 1.88. The van der Waals surface area contributed by atoms with E-state index < -0.39 is 0 Å². The maximum absolute atomic E-state index is 3.33. The third-order valence-corrected chi connectivity index (χ3v) is 4.94. The molecule has 2 rings (SSSR count). The molecule has 16 heavy (non-hydrogen) atoms. The smallest absolute Gasteiger partial charge is 0.0123 e. The Hall–Kier alpha value is -0.0800. The largest absolute Gasteiger partial charge is 0.319 e. The van der Waals surface area contributed by atoms with Crippen LogP contribution in [0.25, 0.3) is 0 Å². The number of nitrogens with zero attached hydrogens (tertiary/aromatic N) is 1. The molecule has 4 unspecified atom stereocenters. The van der Waals surface area contributed by atoms with Gasteiger partial charge in [0.15, 0.2) is 0 Å². The van der Waals surface area contributed by atoms with Crippen molar-refractivity contribution in [2.45, 2.75) is 45.6 Å². The zero-order valence-electron chi connectivity index (χ0n) is 11.2. The monoisotopic (exact) mass is 224 g/mol. The Morgan fingerprint density at radius 1 is 1.19 bits per heavy atom. The van der Waals surface area contributed by atoms with E-state index in [1.54, 1.807) is 0 Å². The van der Waals surface area contributed by atoms with Gasteiger partial charge in [0, 0.05) is 12.6 Å². The molecule has 1 N–H and O–H groups in total. The van der Waals surface area contributed by atoms with Crippen LogP contribution in [0.3, 0.4) is 0 Å². The summed E-state index contributed by atoms with van der Waals surface area (Å²) in [6.07, 6.45) is 5.74. The van der Waals surface area contributed by atoms with Crippen molar-refractivity contribution in [2.24, 2.45) is 17.8 Å². The predicted molar refractivity (Wildman–Crippen MR) is 69.6 cm³/mol. The molecule has 1 aliphatic heterocycles. The molecule has 2 heteroatoms. The minimum atomic E-state index is 0.880. The van der Waals surface area contributed by atoms with Crippen molar-refractivity contribution >= 4 is 0 Å². The van der Waals surface area contributed by atoms with Gasteiger partial charge in [-0.1, -0.05) is 26.7 Å². The number of hydrogen-bond donors (Lipinski definition) is 1. The molecule has 1 aliphatic carbocycles. The van der Waals surface area contributed by atoms with Gasteiger partial charge in [-0.2, -0.15) is 0 Å². The SMILES string of the molecule is CNCC1CCN(C2CCCC(C)C2C)C1. The Morgan fingerprint density at radius 3 is 2.75 bits per heavy atom. The fraction of sp³-hybridized carbons (Fsp3) is 1.00. The van der Waals surface area contributed by atoms with Gasteiger partial charge in [-0.3, -0.25) is 4.90 Å². The highest BCUT2D eigenvalue weighted by molar-refractivity contribution is 4.88. The highest BCUT2D eigenvalue weighted by Gasteiger charge is 2.34. The minimum Gasteiger partial charge on any atom is -0.319 e. The summed E-state index contributed by atoms with van der Waals surface area (Å²) >= 11 is 0. The molecule has 94 valence electrons. The zero-order valence-corrected chi connectivity index (χ0v) is 11.2. The van der Waals surface area contributed by atoms with Crippen LogP contribution in [0, 0.1) is 17.8 Å². The first kappa shape index (κ1) is 12.4. The molecule has 0 amide bonds. The summed E-state index contributed by atoms with van der Waals surface area (Å²) < 4.78 is 0. The molecular formula is C14H28N2. The normalized spacial score (nSPS) is 41.4. The molecule has 0 bridgehead atoms. The molecule has 1 heterocycles. The summed E-state index contributed by atoms with van der Waals surface area (Å²) in [7, 11) is 2.08. The summed E-state index contributed by atoms with van der Waals surface area (Å²) in [6.45, 7) is 8.79. The van der Waals surface area contributed by atoms with Crippen molar-refractivity contribution in [3.05, 3.63) is 0 Å². The minimum absolute atomic E-state index is 0.880. The molecule has 0 aromatic rings. The van der Waals surface area contributed by atoms with Gasteiger partial charge in [0.2, 0.25) is 0 Å². The van der Waals surface area contributed by atoms with Crippen LogP contribution in [-0.4, -0.2) is 37.6 Å². The average Bonchev–Trinajstić information content (AvgIpc) is 2.71. The maximum Gasteiger partial charge on any atom is 0.0123 e. The van der Waals surface area contributed by atoms with Crippen LogP contribution in [0.2, 0.25) is 0 Å². The standard InChI is InChI=1S/C14H28N2/c1-11-5-4-6-14(12(11)2)16-8-7-13(10-16)9-15-3/h11-15H,4-10H2,1-3H3. The van der Waals surface area contributed by atoms with Gasteiger partial charge in [0.25, 0.3) is 0 Å². The lowest BCUT2D eigenvalue weighted by Gasteiger charge is -2.40. The first-order valence-electron chi connectivity index (χ1n) is 7.11. The van der Waals surface area contributed by atoms with Gasteiger partial charge in [-0.15, -0.1) is 0 Å². The van der Waals surface area contributed by atoms with Gasteiger partial charge >= 0.3 is 0 Å². The molecule has 0 aromatic carbocycles.